The largest absolute Gasteiger partial charge is 0.368 e. The highest BCUT2D eigenvalue weighted by atomic mass is 19.1. The predicted octanol–water partition coefficient (Wildman–Crippen LogP) is 1.52. The molecule has 0 saturated carbocycles. The van der Waals surface area contributed by atoms with Crippen LogP contribution in [-0.4, -0.2) is 24.5 Å². The zero-order valence-corrected chi connectivity index (χ0v) is 10.2. The normalized spacial score (nSPS) is 10.4. The molecule has 100 valence electrons. The van der Waals surface area contributed by atoms with Gasteiger partial charge in [-0.2, -0.15) is 15.0 Å². The van der Waals surface area contributed by atoms with Gasteiger partial charge < -0.3 is 11.1 Å². The Balaban J connectivity index is 1.92. The highest BCUT2D eigenvalue weighted by Crippen LogP contribution is 2.15. The zero-order valence-electron chi connectivity index (χ0n) is 10.2. The molecule has 7 nitrogen and oxygen atoms in total. The lowest BCUT2D eigenvalue weighted by Crippen LogP contribution is -2.08. The van der Waals surface area contributed by atoms with E-state index < -0.39 is 0 Å². The van der Waals surface area contributed by atoms with Crippen LogP contribution in [0.1, 0.15) is 0 Å². The maximum absolute atomic E-state index is 12.8. The van der Waals surface area contributed by atoms with Gasteiger partial charge in [-0.25, -0.2) is 9.37 Å². The first-order chi connectivity index (χ1) is 9.70. The van der Waals surface area contributed by atoms with E-state index >= 15 is 0 Å². The molecule has 0 bridgehead atoms. The number of imidazole rings is 1. The van der Waals surface area contributed by atoms with E-state index in [1.54, 1.807) is 35.4 Å². The fourth-order valence-electron chi connectivity index (χ4n) is 1.59. The summed E-state index contributed by atoms with van der Waals surface area (Å²) in [5.41, 5.74) is 6.29. The number of nitrogens with zero attached hydrogens (tertiary/aromatic N) is 5. The lowest BCUT2D eigenvalue weighted by atomic mass is 10.3. The minimum absolute atomic E-state index is 0.0771. The van der Waals surface area contributed by atoms with Crippen molar-refractivity contribution in [3.8, 4) is 5.95 Å². The smallest absolute Gasteiger partial charge is 0.241 e. The molecule has 0 unspecified atom stereocenters. The van der Waals surface area contributed by atoms with Crippen LogP contribution < -0.4 is 11.1 Å². The summed E-state index contributed by atoms with van der Waals surface area (Å²) in [6.07, 6.45) is 4.85. The molecule has 0 spiro atoms. The first-order valence-corrected chi connectivity index (χ1v) is 5.73. The lowest BCUT2D eigenvalue weighted by molar-refractivity contribution is 0.628. The molecule has 0 aliphatic rings. The quantitative estimate of drug-likeness (QED) is 0.750. The van der Waals surface area contributed by atoms with Crippen molar-refractivity contribution in [3.63, 3.8) is 0 Å². The van der Waals surface area contributed by atoms with Crippen molar-refractivity contribution in [2.24, 2.45) is 0 Å². The molecule has 0 radical (unpaired) electrons. The first kappa shape index (κ1) is 12.0. The maximum Gasteiger partial charge on any atom is 0.241 e. The Morgan fingerprint density at radius 2 is 1.90 bits per heavy atom. The van der Waals surface area contributed by atoms with E-state index in [1.165, 1.54) is 12.1 Å². The molecule has 0 aliphatic carbocycles. The molecule has 0 saturated heterocycles. The second kappa shape index (κ2) is 4.92. The number of hydrogen-bond acceptors (Lipinski definition) is 6. The van der Waals surface area contributed by atoms with E-state index in [1.807, 2.05) is 0 Å². The molecule has 2 heterocycles. The number of nitrogens with two attached hydrogens (primary N) is 1. The van der Waals surface area contributed by atoms with Gasteiger partial charge in [-0.05, 0) is 24.3 Å². The molecular formula is C12H10FN7. The Morgan fingerprint density at radius 3 is 2.60 bits per heavy atom. The van der Waals surface area contributed by atoms with Gasteiger partial charge in [0.1, 0.15) is 12.1 Å². The van der Waals surface area contributed by atoms with Gasteiger partial charge in [0.25, 0.3) is 0 Å². The molecule has 3 aromatic rings. The van der Waals surface area contributed by atoms with E-state index in [0.717, 1.165) is 0 Å². The van der Waals surface area contributed by atoms with Crippen molar-refractivity contribution < 1.29 is 4.39 Å². The van der Waals surface area contributed by atoms with Gasteiger partial charge in [0.05, 0.1) is 0 Å². The highest BCUT2D eigenvalue weighted by molar-refractivity contribution is 5.54. The molecule has 0 fully saturated rings. The minimum atomic E-state index is -0.315. The summed E-state index contributed by atoms with van der Waals surface area (Å²) in [5.74, 6) is 0.380. The van der Waals surface area contributed by atoms with Crippen LogP contribution in [0.3, 0.4) is 0 Å². The lowest BCUT2D eigenvalue weighted by Gasteiger charge is -2.07. The van der Waals surface area contributed by atoms with Crippen LogP contribution in [0.15, 0.2) is 43.0 Å². The standard InChI is InChI=1S/C12H10FN7/c13-8-1-3-9(4-2-8)16-11-17-10(14)18-12(19-11)20-6-5-15-7-20/h1-7H,(H3,14,16,17,18,19). The van der Waals surface area contributed by atoms with Gasteiger partial charge in [0, 0.05) is 18.1 Å². The summed E-state index contributed by atoms with van der Waals surface area (Å²) in [7, 11) is 0. The SMILES string of the molecule is Nc1nc(Nc2ccc(F)cc2)nc(-n2ccnc2)n1. The van der Waals surface area contributed by atoms with E-state index in [4.69, 9.17) is 5.73 Å². The monoisotopic (exact) mass is 271 g/mol. The molecule has 2 aromatic heterocycles. The van der Waals surface area contributed by atoms with Crippen molar-refractivity contribution in [1.82, 2.24) is 24.5 Å². The molecule has 1 aromatic carbocycles. The van der Waals surface area contributed by atoms with E-state index in [-0.39, 0.29) is 17.7 Å². The number of anilines is 3. The fourth-order valence-corrected chi connectivity index (χ4v) is 1.59. The average molecular weight is 271 g/mol. The molecule has 3 N–H and O–H groups in total. The van der Waals surface area contributed by atoms with Crippen molar-refractivity contribution in [3.05, 3.63) is 48.8 Å². The van der Waals surface area contributed by atoms with Crippen LogP contribution in [0.5, 0.6) is 0 Å². The fraction of sp³-hybridized carbons (Fsp3) is 0. The van der Waals surface area contributed by atoms with Crippen LogP contribution in [0.4, 0.5) is 22.0 Å². The van der Waals surface area contributed by atoms with Gasteiger partial charge >= 0.3 is 0 Å². The van der Waals surface area contributed by atoms with Gasteiger partial charge in [-0.1, -0.05) is 0 Å². The first-order valence-electron chi connectivity index (χ1n) is 5.73. The number of nitrogen functional groups attached to an aromatic ring is 1. The Morgan fingerprint density at radius 1 is 1.10 bits per heavy atom. The molecule has 0 atom stereocenters. The highest BCUT2D eigenvalue weighted by Gasteiger charge is 2.06. The van der Waals surface area contributed by atoms with Gasteiger partial charge in [0.2, 0.25) is 17.8 Å². The summed E-state index contributed by atoms with van der Waals surface area (Å²) in [6, 6.07) is 5.83. The van der Waals surface area contributed by atoms with Gasteiger partial charge in [-0.15, -0.1) is 0 Å². The number of nitrogens with one attached hydrogen (secondary N) is 1. The summed E-state index contributed by atoms with van der Waals surface area (Å²) in [6.45, 7) is 0. The van der Waals surface area contributed by atoms with E-state index in [9.17, 15) is 4.39 Å². The number of hydrogen-bond donors (Lipinski definition) is 2. The van der Waals surface area contributed by atoms with Crippen molar-refractivity contribution in [1.29, 1.82) is 0 Å². The molecular weight excluding hydrogens is 261 g/mol. The van der Waals surface area contributed by atoms with Crippen molar-refractivity contribution in [2.45, 2.75) is 0 Å². The van der Waals surface area contributed by atoms with Crippen molar-refractivity contribution >= 4 is 17.6 Å². The van der Waals surface area contributed by atoms with E-state index in [2.05, 4.69) is 25.3 Å². The zero-order chi connectivity index (χ0) is 13.9. The number of aromatic nitrogens is 5. The Bertz CT molecular complexity index is 709. The Kier molecular flexibility index (Phi) is 2.96. The van der Waals surface area contributed by atoms with Crippen LogP contribution in [0.2, 0.25) is 0 Å². The molecule has 20 heavy (non-hydrogen) atoms. The summed E-state index contributed by atoms with van der Waals surface area (Å²) < 4.78 is 14.4. The molecule has 3 rings (SSSR count). The summed E-state index contributed by atoms with van der Waals surface area (Å²) >= 11 is 0. The summed E-state index contributed by atoms with van der Waals surface area (Å²) in [4.78, 5) is 16.1. The Hall–Kier alpha value is -3.03. The molecule has 0 amide bonds. The summed E-state index contributed by atoms with van der Waals surface area (Å²) in [5, 5.41) is 2.93. The van der Waals surface area contributed by atoms with Crippen molar-refractivity contribution in [2.75, 3.05) is 11.1 Å². The predicted molar refractivity (Wildman–Crippen MR) is 71.0 cm³/mol. The molecule has 0 aliphatic heterocycles. The van der Waals surface area contributed by atoms with Crippen LogP contribution in [-0.2, 0) is 0 Å². The molecule has 8 heteroatoms. The minimum Gasteiger partial charge on any atom is -0.368 e. The van der Waals surface area contributed by atoms with Crippen LogP contribution >= 0.6 is 0 Å². The number of rotatable bonds is 3. The van der Waals surface area contributed by atoms with Gasteiger partial charge in [-0.3, -0.25) is 4.57 Å². The topological polar surface area (TPSA) is 94.5 Å². The third kappa shape index (κ3) is 2.53. The average Bonchev–Trinajstić information content (AvgIpc) is 2.95. The van der Waals surface area contributed by atoms with Crippen LogP contribution in [0.25, 0.3) is 5.95 Å². The third-order valence-corrected chi connectivity index (χ3v) is 2.48. The number of halogens is 1. The maximum atomic E-state index is 12.8. The number of benzene rings is 1. The van der Waals surface area contributed by atoms with E-state index in [0.29, 0.717) is 11.6 Å². The van der Waals surface area contributed by atoms with Gasteiger partial charge in [0.15, 0.2) is 0 Å². The van der Waals surface area contributed by atoms with Crippen LogP contribution in [0, 0.1) is 5.82 Å². The second-order valence-electron chi connectivity index (χ2n) is 3.92. The third-order valence-electron chi connectivity index (χ3n) is 2.48. The second-order valence-corrected chi connectivity index (χ2v) is 3.92. The Labute approximate surface area is 113 Å².